The molecule has 3 rings (SSSR count). The minimum absolute atomic E-state index is 0.392. The SMILES string of the molecule is CC(c1ccc(CN2CCCCCC2)[nH]1)N(C)Cc1ccccc1. The lowest BCUT2D eigenvalue weighted by atomic mass is 10.1. The zero-order valence-electron chi connectivity index (χ0n) is 15.2. The Kier molecular flexibility index (Phi) is 6.11. The number of hydrogen-bond acceptors (Lipinski definition) is 2. The van der Waals surface area contributed by atoms with Gasteiger partial charge in [-0.3, -0.25) is 9.80 Å². The third kappa shape index (κ3) is 4.71. The molecule has 1 aromatic carbocycles. The molecule has 3 heteroatoms. The summed E-state index contributed by atoms with van der Waals surface area (Å²) in [6.07, 6.45) is 5.50. The van der Waals surface area contributed by atoms with Crippen LogP contribution in [0.15, 0.2) is 42.5 Å². The summed E-state index contributed by atoms with van der Waals surface area (Å²) in [6.45, 7) is 6.82. The average molecular weight is 326 g/mol. The highest BCUT2D eigenvalue weighted by atomic mass is 15.1. The quantitative estimate of drug-likeness (QED) is 0.839. The maximum absolute atomic E-state index is 3.66. The van der Waals surface area contributed by atoms with Gasteiger partial charge in [-0.15, -0.1) is 0 Å². The van der Waals surface area contributed by atoms with Gasteiger partial charge in [0.1, 0.15) is 0 Å². The van der Waals surface area contributed by atoms with E-state index in [1.165, 1.54) is 55.7 Å². The van der Waals surface area contributed by atoms with Gasteiger partial charge in [-0.1, -0.05) is 43.2 Å². The molecule has 1 unspecified atom stereocenters. The zero-order valence-corrected chi connectivity index (χ0v) is 15.2. The number of nitrogens with one attached hydrogen (secondary N) is 1. The van der Waals surface area contributed by atoms with E-state index in [1.54, 1.807) is 0 Å². The molecule has 3 nitrogen and oxygen atoms in total. The Morgan fingerprint density at radius 3 is 2.42 bits per heavy atom. The smallest absolute Gasteiger partial charge is 0.0470 e. The molecule has 0 amide bonds. The highest BCUT2D eigenvalue weighted by Crippen LogP contribution is 2.21. The van der Waals surface area contributed by atoms with Crippen molar-refractivity contribution in [3.8, 4) is 0 Å². The highest BCUT2D eigenvalue weighted by Gasteiger charge is 2.15. The van der Waals surface area contributed by atoms with Crippen molar-refractivity contribution < 1.29 is 0 Å². The molecule has 0 spiro atoms. The molecule has 0 bridgehead atoms. The molecule has 1 fully saturated rings. The highest BCUT2D eigenvalue weighted by molar-refractivity contribution is 5.18. The molecule has 130 valence electrons. The predicted molar refractivity (Wildman–Crippen MR) is 101 cm³/mol. The fourth-order valence-electron chi connectivity index (χ4n) is 3.58. The average Bonchev–Trinajstić information content (AvgIpc) is 2.90. The first-order chi connectivity index (χ1) is 11.7. The largest absolute Gasteiger partial charge is 0.360 e. The van der Waals surface area contributed by atoms with Crippen LogP contribution in [0.3, 0.4) is 0 Å². The summed E-state index contributed by atoms with van der Waals surface area (Å²) >= 11 is 0. The standard InChI is InChI=1S/C21H31N3/c1-18(23(2)16-19-10-6-5-7-11-19)21-13-12-20(22-21)17-24-14-8-3-4-9-15-24/h5-7,10-13,18,22H,3-4,8-9,14-17H2,1-2H3. The van der Waals surface area contributed by atoms with E-state index in [0.717, 1.165) is 13.1 Å². The van der Waals surface area contributed by atoms with Gasteiger partial charge in [-0.2, -0.15) is 0 Å². The van der Waals surface area contributed by atoms with Crippen LogP contribution in [-0.2, 0) is 13.1 Å². The number of aromatic nitrogens is 1. The first kappa shape index (κ1) is 17.2. The normalized spacial score (nSPS) is 17.8. The van der Waals surface area contributed by atoms with Gasteiger partial charge in [0.25, 0.3) is 0 Å². The molecule has 1 aliphatic heterocycles. The summed E-state index contributed by atoms with van der Waals surface area (Å²) < 4.78 is 0. The van der Waals surface area contributed by atoms with Crippen LogP contribution in [-0.4, -0.2) is 34.9 Å². The second-order valence-electron chi connectivity index (χ2n) is 7.21. The molecule has 0 saturated carbocycles. The van der Waals surface area contributed by atoms with Gasteiger partial charge >= 0.3 is 0 Å². The molecule has 1 atom stereocenters. The second kappa shape index (κ2) is 8.50. The second-order valence-corrected chi connectivity index (χ2v) is 7.21. The van der Waals surface area contributed by atoms with Crippen molar-refractivity contribution in [2.45, 2.75) is 51.7 Å². The lowest BCUT2D eigenvalue weighted by Gasteiger charge is -2.24. The Morgan fingerprint density at radius 1 is 1.00 bits per heavy atom. The van der Waals surface area contributed by atoms with E-state index < -0.39 is 0 Å². The van der Waals surface area contributed by atoms with Crippen LogP contribution in [0.25, 0.3) is 0 Å². The monoisotopic (exact) mass is 325 g/mol. The fraction of sp³-hybridized carbons (Fsp3) is 0.524. The molecule has 1 N–H and O–H groups in total. The molecule has 1 saturated heterocycles. The number of likely N-dealkylation sites (tertiary alicyclic amines) is 1. The molecular weight excluding hydrogens is 294 g/mol. The Labute approximate surface area is 146 Å². The lowest BCUT2D eigenvalue weighted by molar-refractivity contribution is 0.247. The number of hydrogen-bond donors (Lipinski definition) is 1. The summed E-state index contributed by atoms with van der Waals surface area (Å²) in [7, 11) is 2.20. The fourth-order valence-corrected chi connectivity index (χ4v) is 3.58. The maximum atomic E-state index is 3.66. The van der Waals surface area contributed by atoms with E-state index in [9.17, 15) is 0 Å². The Hall–Kier alpha value is -1.58. The van der Waals surface area contributed by atoms with Crippen LogP contribution < -0.4 is 0 Å². The van der Waals surface area contributed by atoms with Gasteiger partial charge in [0, 0.05) is 30.5 Å². The zero-order chi connectivity index (χ0) is 16.8. The van der Waals surface area contributed by atoms with Gasteiger partial charge in [-0.25, -0.2) is 0 Å². The van der Waals surface area contributed by atoms with Gasteiger partial charge in [0.05, 0.1) is 0 Å². The molecule has 2 heterocycles. The van der Waals surface area contributed by atoms with Crippen LogP contribution >= 0.6 is 0 Å². The first-order valence-corrected chi connectivity index (χ1v) is 9.36. The van der Waals surface area contributed by atoms with Gasteiger partial charge < -0.3 is 4.98 Å². The van der Waals surface area contributed by atoms with E-state index in [2.05, 4.69) is 71.2 Å². The van der Waals surface area contributed by atoms with Crippen molar-refractivity contribution in [3.63, 3.8) is 0 Å². The van der Waals surface area contributed by atoms with Crippen molar-refractivity contribution in [2.75, 3.05) is 20.1 Å². The Bertz CT molecular complexity index is 597. The first-order valence-electron chi connectivity index (χ1n) is 9.36. The van der Waals surface area contributed by atoms with Crippen molar-refractivity contribution in [2.24, 2.45) is 0 Å². The van der Waals surface area contributed by atoms with E-state index in [0.29, 0.717) is 6.04 Å². The summed E-state index contributed by atoms with van der Waals surface area (Å²) in [5, 5.41) is 0. The van der Waals surface area contributed by atoms with E-state index in [4.69, 9.17) is 0 Å². The van der Waals surface area contributed by atoms with Crippen molar-refractivity contribution in [1.82, 2.24) is 14.8 Å². The van der Waals surface area contributed by atoms with Crippen LogP contribution in [0, 0.1) is 0 Å². The van der Waals surface area contributed by atoms with Crippen LogP contribution in [0.1, 0.15) is 55.6 Å². The van der Waals surface area contributed by atoms with Crippen LogP contribution in [0.2, 0.25) is 0 Å². The molecule has 1 aromatic heterocycles. The topological polar surface area (TPSA) is 22.3 Å². The molecule has 1 aliphatic rings. The Morgan fingerprint density at radius 2 is 1.71 bits per heavy atom. The van der Waals surface area contributed by atoms with Gasteiger partial charge in [0.15, 0.2) is 0 Å². The lowest BCUT2D eigenvalue weighted by Crippen LogP contribution is -2.24. The van der Waals surface area contributed by atoms with Crippen LogP contribution in [0.4, 0.5) is 0 Å². The molecule has 0 aliphatic carbocycles. The van der Waals surface area contributed by atoms with Crippen LogP contribution in [0.5, 0.6) is 0 Å². The summed E-state index contributed by atoms with van der Waals surface area (Å²) in [6, 6.07) is 15.6. The third-order valence-corrected chi connectivity index (χ3v) is 5.25. The molecule has 24 heavy (non-hydrogen) atoms. The number of benzene rings is 1. The minimum atomic E-state index is 0.392. The summed E-state index contributed by atoms with van der Waals surface area (Å²) in [5.74, 6) is 0. The van der Waals surface area contributed by atoms with Crippen molar-refractivity contribution in [3.05, 3.63) is 59.4 Å². The minimum Gasteiger partial charge on any atom is -0.360 e. The number of rotatable bonds is 6. The van der Waals surface area contributed by atoms with Gasteiger partial charge in [-0.05, 0) is 57.6 Å². The molecular formula is C21H31N3. The maximum Gasteiger partial charge on any atom is 0.0470 e. The Balaban J connectivity index is 1.57. The van der Waals surface area contributed by atoms with Crippen molar-refractivity contribution in [1.29, 1.82) is 0 Å². The number of H-pyrrole nitrogens is 1. The number of aromatic amines is 1. The molecule has 2 aromatic rings. The van der Waals surface area contributed by atoms with Crippen molar-refractivity contribution >= 4 is 0 Å². The summed E-state index contributed by atoms with van der Waals surface area (Å²) in [4.78, 5) is 8.66. The predicted octanol–water partition coefficient (Wildman–Crippen LogP) is 4.58. The summed E-state index contributed by atoms with van der Waals surface area (Å²) in [5.41, 5.74) is 4.04. The third-order valence-electron chi connectivity index (χ3n) is 5.25. The number of nitrogens with zero attached hydrogens (tertiary/aromatic N) is 2. The van der Waals surface area contributed by atoms with E-state index >= 15 is 0 Å². The van der Waals surface area contributed by atoms with E-state index in [1.807, 2.05) is 0 Å². The van der Waals surface area contributed by atoms with E-state index in [-0.39, 0.29) is 0 Å². The molecule has 0 radical (unpaired) electrons. The van der Waals surface area contributed by atoms with Gasteiger partial charge in [0.2, 0.25) is 0 Å².